The van der Waals surface area contributed by atoms with Crippen LogP contribution in [-0.2, 0) is 6.61 Å². The second kappa shape index (κ2) is 6.15. The highest BCUT2D eigenvalue weighted by Crippen LogP contribution is 2.24. The minimum absolute atomic E-state index is 0.0252. The fraction of sp³-hybridized carbons (Fsp3) is 0.0714. The number of halogens is 3. The third kappa shape index (κ3) is 3.43. The van der Waals surface area contributed by atoms with Crippen molar-refractivity contribution in [2.75, 3.05) is 0 Å². The van der Waals surface area contributed by atoms with Gasteiger partial charge in [0.15, 0.2) is 17.4 Å². The average molecular weight is 314 g/mol. The Morgan fingerprint density at radius 1 is 1.15 bits per heavy atom. The summed E-state index contributed by atoms with van der Waals surface area (Å²) in [5.74, 6) is -2.15. The molecule has 0 spiro atoms. The fourth-order valence-corrected chi connectivity index (χ4v) is 1.82. The molecule has 0 aromatic heterocycles. The summed E-state index contributed by atoms with van der Waals surface area (Å²) in [5.41, 5.74) is 6.19. The average Bonchev–Trinajstić information content (AvgIpc) is 2.39. The SMILES string of the molecule is NC(=S)c1cc(F)c(OCc2ccc(Cl)cc2)c(F)c1. The Balaban J connectivity index is 2.17. The second-order valence-electron chi connectivity index (χ2n) is 4.05. The first-order valence-electron chi connectivity index (χ1n) is 5.63. The van der Waals surface area contributed by atoms with Gasteiger partial charge in [-0.3, -0.25) is 0 Å². The van der Waals surface area contributed by atoms with Crippen LogP contribution >= 0.6 is 23.8 Å². The predicted octanol–water partition coefficient (Wildman–Crippen LogP) is 3.83. The standard InChI is InChI=1S/C14H10ClF2NOS/c15-10-3-1-8(2-4-10)7-19-13-11(16)5-9(14(18)20)6-12(13)17/h1-6H,7H2,(H2,18,20). The molecule has 0 heterocycles. The number of hydrogen-bond acceptors (Lipinski definition) is 2. The van der Waals surface area contributed by atoms with Crippen molar-refractivity contribution in [3.05, 3.63) is 64.2 Å². The maximum absolute atomic E-state index is 13.7. The normalized spacial score (nSPS) is 10.3. The first kappa shape index (κ1) is 14.7. The van der Waals surface area contributed by atoms with Crippen LogP contribution in [0.15, 0.2) is 36.4 Å². The van der Waals surface area contributed by atoms with Crippen molar-refractivity contribution in [2.24, 2.45) is 5.73 Å². The molecule has 0 saturated heterocycles. The largest absolute Gasteiger partial charge is 0.483 e. The van der Waals surface area contributed by atoms with Crippen LogP contribution in [0.25, 0.3) is 0 Å². The zero-order chi connectivity index (χ0) is 14.7. The first-order chi connectivity index (χ1) is 9.47. The van der Waals surface area contributed by atoms with E-state index in [1.165, 1.54) is 0 Å². The van der Waals surface area contributed by atoms with E-state index in [1.54, 1.807) is 24.3 Å². The topological polar surface area (TPSA) is 35.2 Å². The lowest BCUT2D eigenvalue weighted by Crippen LogP contribution is -2.11. The Hall–Kier alpha value is -1.72. The van der Waals surface area contributed by atoms with Gasteiger partial charge in [-0.1, -0.05) is 36.0 Å². The molecule has 0 aliphatic rings. The van der Waals surface area contributed by atoms with Crippen molar-refractivity contribution in [1.29, 1.82) is 0 Å². The lowest BCUT2D eigenvalue weighted by molar-refractivity contribution is 0.274. The van der Waals surface area contributed by atoms with Crippen molar-refractivity contribution in [1.82, 2.24) is 0 Å². The van der Waals surface area contributed by atoms with Crippen LogP contribution < -0.4 is 10.5 Å². The van der Waals surface area contributed by atoms with Gasteiger partial charge in [-0.2, -0.15) is 0 Å². The molecule has 0 aliphatic carbocycles. The maximum Gasteiger partial charge on any atom is 0.191 e. The molecule has 2 aromatic rings. The highest BCUT2D eigenvalue weighted by atomic mass is 35.5. The van der Waals surface area contributed by atoms with Gasteiger partial charge in [0.1, 0.15) is 11.6 Å². The third-order valence-electron chi connectivity index (χ3n) is 2.58. The van der Waals surface area contributed by atoms with Gasteiger partial charge in [-0.05, 0) is 29.8 Å². The molecule has 6 heteroatoms. The van der Waals surface area contributed by atoms with Crippen molar-refractivity contribution in [3.63, 3.8) is 0 Å². The first-order valence-corrected chi connectivity index (χ1v) is 6.42. The van der Waals surface area contributed by atoms with E-state index in [0.29, 0.717) is 5.02 Å². The molecule has 0 aliphatic heterocycles. The summed E-state index contributed by atoms with van der Waals surface area (Å²) in [6.45, 7) is 0.0252. The summed E-state index contributed by atoms with van der Waals surface area (Å²) >= 11 is 10.4. The molecule has 0 saturated carbocycles. The Labute approximate surface area is 125 Å². The van der Waals surface area contributed by atoms with Crippen molar-refractivity contribution in [2.45, 2.75) is 6.61 Å². The highest BCUT2D eigenvalue weighted by Gasteiger charge is 2.14. The molecule has 104 valence electrons. The van der Waals surface area contributed by atoms with Gasteiger partial charge in [0.2, 0.25) is 0 Å². The van der Waals surface area contributed by atoms with E-state index in [1.807, 2.05) is 0 Å². The van der Waals surface area contributed by atoms with E-state index in [4.69, 9.17) is 22.1 Å². The fourth-order valence-electron chi connectivity index (χ4n) is 1.58. The molecule has 2 N–H and O–H groups in total. The van der Waals surface area contributed by atoms with E-state index in [2.05, 4.69) is 12.2 Å². The smallest absolute Gasteiger partial charge is 0.191 e. The van der Waals surface area contributed by atoms with E-state index in [0.717, 1.165) is 17.7 Å². The molecule has 20 heavy (non-hydrogen) atoms. The molecular formula is C14H10ClF2NOS. The monoisotopic (exact) mass is 313 g/mol. The van der Waals surface area contributed by atoms with E-state index >= 15 is 0 Å². The third-order valence-corrected chi connectivity index (χ3v) is 3.07. The van der Waals surface area contributed by atoms with Gasteiger partial charge in [-0.15, -0.1) is 0 Å². The molecule has 2 rings (SSSR count). The number of ether oxygens (including phenoxy) is 1. The lowest BCUT2D eigenvalue weighted by atomic mass is 10.2. The van der Waals surface area contributed by atoms with Crippen LogP contribution in [0.4, 0.5) is 8.78 Å². The Morgan fingerprint density at radius 2 is 1.70 bits per heavy atom. The molecule has 0 radical (unpaired) electrons. The summed E-state index contributed by atoms with van der Waals surface area (Å²) in [7, 11) is 0. The predicted molar refractivity (Wildman–Crippen MR) is 78.0 cm³/mol. The summed E-state index contributed by atoms with van der Waals surface area (Å²) in [5, 5.41) is 0.576. The minimum Gasteiger partial charge on any atom is -0.483 e. The zero-order valence-corrected chi connectivity index (χ0v) is 11.8. The van der Waals surface area contributed by atoms with Crippen LogP contribution in [0.2, 0.25) is 5.02 Å². The van der Waals surface area contributed by atoms with Crippen molar-refractivity contribution < 1.29 is 13.5 Å². The molecule has 0 unspecified atom stereocenters. The molecule has 0 bridgehead atoms. The molecule has 0 atom stereocenters. The van der Waals surface area contributed by atoms with Gasteiger partial charge in [0.05, 0.1) is 0 Å². The number of rotatable bonds is 4. The number of benzene rings is 2. The molecule has 2 aromatic carbocycles. The van der Waals surface area contributed by atoms with E-state index in [9.17, 15) is 8.78 Å². The summed E-state index contributed by atoms with van der Waals surface area (Å²) in [6, 6.07) is 8.85. The number of nitrogens with two attached hydrogens (primary N) is 1. The molecule has 0 amide bonds. The maximum atomic E-state index is 13.7. The summed E-state index contributed by atoms with van der Waals surface area (Å²) in [6.07, 6.45) is 0. The molecular weight excluding hydrogens is 304 g/mol. The summed E-state index contributed by atoms with van der Waals surface area (Å²) < 4.78 is 32.6. The van der Waals surface area contributed by atoms with Gasteiger partial charge < -0.3 is 10.5 Å². The zero-order valence-electron chi connectivity index (χ0n) is 10.2. The van der Waals surface area contributed by atoms with Gasteiger partial charge in [-0.25, -0.2) is 8.78 Å². The van der Waals surface area contributed by atoms with E-state index in [-0.39, 0.29) is 17.2 Å². The van der Waals surface area contributed by atoms with Gasteiger partial charge >= 0.3 is 0 Å². The number of thiocarbonyl (C=S) groups is 1. The second-order valence-corrected chi connectivity index (χ2v) is 4.92. The number of hydrogen-bond donors (Lipinski definition) is 1. The van der Waals surface area contributed by atoms with Gasteiger partial charge in [0.25, 0.3) is 0 Å². The van der Waals surface area contributed by atoms with Crippen LogP contribution in [0.3, 0.4) is 0 Å². The van der Waals surface area contributed by atoms with Crippen LogP contribution in [0, 0.1) is 11.6 Å². The minimum atomic E-state index is -0.846. The Bertz CT molecular complexity index is 623. The quantitative estimate of drug-likeness (QED) is 0.871. The van der Waals surface area contributed by atoms with Crippen LogP contribution in [0.5, 0.6) is 5.75 Å². The van der Waals surface area contributed by atoms with Crippen LogP contribution in [0.1, 0.15) is 11.1 Å². The lowest BCUT2D eigenvalue weighted by Gasteiger charge is -2.10. The molecule has 2 nitrogen and oxygen atoms in total. The van der Waals surface area contributed by atoms with E-state index < -0.39 is 17.4 Å². The molecule has 0 fully saturated rings. The summed E-state index contributed by atoms with van der Waals surface area (Å²) in [4.78, 5) is -0.0768. The highest BCUT2D eigenvalue weighted by molar-refractivity contribution is 7.80. The Morgan fingerprint density at radius 3 is 2.20 bits per heavy atom. The van der Waals surface area contributed by atoms with Crippen molar-refractivity contribution >= 4 is 28.8 Å². The Kier molecular flexibility index (Phi) is 4.52. The van der Waals surface area contributed by atoms with Crippen molar-refractivity contribution in [3.8, 4) is 5.75 Å². The van der Waals surface area contributed by atoms with Crippen LogP contribution in [-0.4, -0.2) is 4.99 Å². The van der Waals surface area contributed by atoms with Gasteiger partial charge in [0, 0.05) is 10.6 Å².